The fourth-order valence-electron chi connectivity index (χ4n) is 1.56. The molecule has 2 rings (SSSR count). The molecule has 0 radical (unpaired) electrons. The fraction of sp³-hybridized carbons (Fsp3) is 0. The Balaban J connectivity index is 2.18. The fourth-order valence-corrected chi connectivity index (χ4v) is 1.56. The zero-order valence-corrected chi connectivity index (χ0v) is 9.64. The maximum absolute atomic E-state index is 12.8. The molecule has 0 aliphatic heterocycles. The van der Waals surface area contributed by atoms with Crippen molar-refractivity contribution in [2.45, 2.75) is 0 Å². The molecular formula is C15H12FNO. The Morgan fingerprint density at radius 1 is 0.944 bits per heavy atom. The lowest BCUT2D eigenvalue weighted by molar-refractivity contribution is 0.103. The van der Waals surface area contributed by atoms with Gasteiger partial charge in [0.2, 0.25) is 5.78 Å². The van der Waals surface area contributed by atoms with Crippen LogP contribution >= 0.6 is 0 Å². The van der Waals surface area contributed by atoms with Gasteiger partial charge >= 0.3 is 0 Å². The summed E-state index contributed by atoms with van der Waals surface area (Å²) in [4.78, 5) is 12.0. The van der Waals surface area contributed by atoms with Crippen molar-refractivity contribution in [1.29, 1.82) is 0 Å². The molecule has 2 aromatic rings. The number of ketones is 1. The van der Waals surface area contributed by atoms with Crippen molar-refractivity contribution in [1.82, 2.24) is 0 Å². The second-order valence-corrected chi connectivity index (χ2v) is 3.71. The molecule has 0 amide bonds. The highest BCUT2D eigenvalue weighted by atomic mass is 19.1. The van der Waals surface area contributed by atoms with Gasteiger partial charge in [0.05, 0.1) is 0 Å². The Morgan fingerprint density at radius 2 is 1.50 bits per heavy atom. The first kappa shape index (κ1) is 12.0. The van der Waals surface area contributed by atoms with E-state index in [1.807, 2.05) is 18.2 Å². The zero-order valence-electron chi connectivity index (χ0n) is 9.64. The summed E-state index contributed by atoms with van der Waals surface area (Å²) in [5.41, 5.74) is 1.04. The number of halogens is 1. The summed E-state index contributed by atoms with van der Waals surface area (Å²) in [5, 5.41) is 2.76. The molecule has 0 atom stereocenters. The number of hydrogen-bond donors (Lipinski definition) is 1. The van der Waals surface area contributed by atoms with E-state index in [-0.39, 0.29) is 11.5 Å². The molecule has 0 aromatic heterocycles. The van der Waals surface area contributed by atoms with Crippen molar-refractivity contribution in [3.8, 4) is 0 Å². The highest BCUT2D eigenvalue weighted by Crippen LogP contribution is 2.13. The first-order valence-corrected chi connectivity index (χ1v) is 5.53. The summed E-state index contributed by atoms with van der Waals surface area (Å²) >= 11 is 0. The molecule has 90 valence electrons. The number of para-hydroxylation sites is 1. The monoisotopic (exact) mass is 241 g/mol. The predicted octanol–water partition coefficient (Wildman–Crippen LogP) is 3.79. The van der Waals surface area contributed by atoms with E-state index in [4.69, 9.17) is 0 Å². The summed E-state index contributed by atoms with van der Waals surface area (Å²) in [6.07, 6.45) is 0.294. The number of carbonyl (C=O) groups excluding carboxylic acids is 1. The molecule has 0 unspecified atom stereocenters. The van der Waals surface area contributed by atoms with Crippen LogP contribution in [0.3, 0.4) is 0 Å². The van der Waals surface area contributed by atoms with Crippen molar-refractivity contribution in [2.75, 3.05) is 5.32 Å². The van der Waals surface area contributed by atoms with Gasteiger partial charge in [0.15, 0.2) is 0 Å². The van der Waals surface area contributed by atoms with Gasteiger partial charge in [0, 0.05) is 11.3 Å². The predicted molar refractivity (Wildman–Crippen MR) is 70.0 cm³/mol. The molecule has 0 saturated heterocycles. The van der Waals surface area contributed by atoms with Crippen molar-refractivity contribution in [2.24, 2.45) is 0 Å². The van der Waals surface area contributed by atoms with Crippen LogP contribution < -0.4 is 5.32 Å². The van der Waals surface area contributed by atoms with Crippen molar-refractivity contribution >= 4 is 11.5 Å². The minimum Gasteiger partial charge on any atom is -0.350 e. The Kier molecular flexibility index (Phi) is 3.86. The van der Waals surface area contributed by atoms with Gasteiger partial charge in [-0.25, -0.2) is 4.39 Å². The van der Waals surface area contributed by atoms with Gasteiger partial charge in [0.1, 0.15) is 12.0 Å². The van der Waals surface area contributed by atoms with Gasteiger partial charge < -0.3 is 5.32 Å². The largest absolute Gasteiger partial charge is 0.350 e. The Hall–Kier alpha value is -2.42. The third kappa shape index (κ3) is 2.83. The van der Waals surface area contributed by atoms with Crippen molar-refractivity contribution in [3.05, 3.63) is 78.3 Å². The lowest BCUT2D eigenvalue weighted by Crippen LogP contribution is -2.11. The summed E-state index contributed by atoms with van der Waals surface area (Å²) in [7, 11) is 0. The summed E-state index contributed by atoms with van der Waals surface area (Å²) in [6.45, 7) is 0. The molecule has 0 bridgehead atoms. The van der Waals surface area contributed by atoms with E-state index in [1.54, 1.807) is 42.5 Å². The number of benzene rings is 2. The van der Waals surface area contributed by atoms with E-state index in [9.17, 15) is 9.18 Å². The Labute approximate surface area is 105 Å². The third-order valence-electron chi connectivity index (χ3n) is 2.44. The third-order valence-corrected chi connectivity index (χ3v) is 2.44. The number of Topliss-reactive ketones (excluding diaryl/α,β-unsaturated/α-hetero) is 1. The van der Waals surface area contributed by atoms with Crippen LogP contribution in [0.1, 0.15) is 10.4 Å². The summed E-state index contributed by atoms with van der Waals surface area (Å²) in [6, 6.07) is 17.6. The minimum absolute atomic E-state index is 0.0765. The maximum atomic E-state index is 12.8. The Bertz CT molecular complexity index is 549. The van der Waals surface area contributed by atoms with Gasteiger partial charge in [-0.15, -0.1) is 0 Å². The maximum Gasteiger partial charge on any atom is 0.211 e. The molecule has 3 heteroatoms. The normalized spacial score (nSPS) is 11.1. The summed E-state index contributed by atoms with van der Waals surface area (Å²) < 4.78 is 12.8. The zero-order chi connectivity index (χ0) is 12.8. The molecule has 0 aliphatic carbocycles. The standard InChI is InChI=1S/C15H12FNO/c16-11-14(17-13-9-5-2-6-10-13)15(18)12-7-3-1-4-8-12/h1-11,17H. The average Bonchev–Trinajstić information content (AvgIpc) is 2.46. The lowest BCUT2D eigenvalue weighted by atomic mass is 10.1. The van der Waals surface area contributed by atoms with Crippen molar-refractivity contribution < 1.29 is 9.18 Å². The summed E-state index contributed by atoms with van der Waals surface area (Å²) in [5.74, 6) is -0.373. The second-order valence-electron chi connectivity index (χ2n) is 3.71. The molecule has 18 heavy (non-hydrogen) atoms. The van der Waals surface area contributed by atoms with Crippen LogP contribution in [0.15, 0.2) is 72.7 Å². The first-order valence-electron chi connectivity index (χ1n) is 5.53. The quantitative estimate of drug-likeness (QED) is 0.651. The molecule has 2 aromatic carbocycles. The van der Waals surface area contributed by atoms with Crippen LogP contribution in [-0.4, -0.2) is 5.78 Å². The number of carbonyl (C=O) groups is 1. The molecule has 0 heterocycles. The van der Waals surface area contributed by atoms with E-state index in [2.05, 4.69) is 5.32 Å². The Morgan fingerprint density at radius 3 is 2.06 bits per heavy atom. The van der Waals surface area contributed by atoms with Crippen LogP contribution in [-0.2, 0) is 0 Å². The molecule has 1 N–H and O–H groups in total. The molecule has 2 nitrogen and oxygen atoms in total. The van der Waals surface area contributed by atoms with E-state index in [1.165, 1.54) is 0 Å². The topological polar surface area (TPSA) is 29.1 Å². The number of nitrogens with one attached hydrogen (secondary N) is 1. The van der Waals surface area contributed by atoms with E-state index in [0.717, 1.165) is 0 Å². The van der Waals surface area contributed by atoms with E-state index in [0.29, 0.717) is 17.6 Å². The lowest BCUT2D eigenvalue weighted by Gasteiger charge is -2.08. The van der Waals surface area contributed by atoms with Crippen LogP contribution in [0.2, 0.25) is 0 Å². The second kappa shape index (κ2) is 5.77. The van der Waals surface area contributed by atoms with Gasteiger partial charge in [-0.3, -0.25) is 4.79 Å². The van der Waals surface area contributed by atoms with Crippen LogP contribution in [0.5, 0.6) is 0 Å². The molecular weight excluding hydrogens is 229 g/mol. The number of rotatable bonds is 4. The smallest absolute Gasteiger partial charge is 0.211 e. The van der Waals surface area contributed by atoms with Gasteiger partial charge in [-0.2, -0.15) is 0 Å². The molecule has 0 aliphatic rings. The molecule has 0 fully saturated rings. The number of hydrogen-bond acceptors (Lipinski definition) is 2. The van der Waals surface area contributed by atoms with Crippen molar-refractivity contribution in [3.63, 3.8) is 0 Å². The SMILES string of the molecule is O=C(C(=CF)Nc1ccccc1)c1ccccc1. The van der Waals surface area contributed by atoms with Gasteiger partial charge in [-0.1, -0.05) is 48.5 Å². The van der Waals surface area contributed by atoms with E-state index >= 15 is 0 Å². The first-order chi connectivity index (χ1) is 8.81. The molecule has 0 saturated carbocycles. The average molecular weight is 241 g/mol. The van der Waals surface area contributed by atoms with E-state index < -0.39 is 0 Å². The molecule has 0 spiro atoms. The van der Waals surface area contributed by atoms with Gasteiger partial charge in [0.25, 0.3) is 0 Å². The van der Waals surface area contributed by atoms with Crippen LogP contribution in [0.25, 0.3) is 0 Å². The highest BCUT2D eigenvalue weighted by molar-refractivity contribution is 6.10. The van der Waals surface area contributed by atoms with Gasteiger partial charge in [-0.05, 0) is 12.1 Å². The van der Waals surface area contributed by atoms with Crippen LogP contribution in [0, 0.1) is 0 Å². The number of anilines is 1. The number of allylic oxidation sites excluding steroid dienone is 1. The minimum atomic E-state index is -0.373. The highest BCUT2D eigenvalue weighted by Gasteiger charge is 2.12. The van der Waals surface area contributed by atoms with Crippen LogP contribution in [0.4, 0.5) is 10.1 Å².